The highest BCUT2D eigenvalue weighted by molar-refractivity contribution is 5.95. The van der Waals surface area contributed by atoms with Crippen LogP contribution in [-0.2, 0) is 10.2 Å². The zero-order chi connectivity index (χ0) is 20.9. The van der Waals surface area contributed by atoms with E-state index in [-0.39, 0.29) is 35.9 Å². The van der Waals surface area contributed by atoms with Gasteiger partial charge in [0, 0.05) is 30.7 Å². The summed E-state index contributed by atoms with van der Waals surface area (Å²) in [6.45, 7) is 8.22. The zero-order valence-electron chi connectivity index (χ0n) is 16.5. The lowest BCUT2D eigenvalue weighted by Gasteiger charge is -2.19. The Labute approximate surface area is 164 Å². The fourth-order valence-corrected chi connectivity index (χ4v) is 2.58. The van der Waals surface area contributed by atoms with Gasteiger partial charge in [0.1, 0.15) is 0 Å². The molecule has 0 radical (unpaired) electrons. The Balaban J connectivity index is 1.87. The number of nitro groups is 1. The van der Waals surface area contributed by atoms with Crippen molar-refractivity contribution in [1.82, 2.24) is 5.32 Å². The molecule has 0 heterocycles. The van der Waals surface area contributed by atoms with Crippen molar-refractivity contribution >= 4 is 23.2 Å². The molecule has 0 aliphatic heterocycles. The summed E-state index contributed by atoms with van der Waals surface area (Å²) in [6.07, 6.45) is 0.0634. The summed E-state index contributed by atoms with van der Waals surface area (Å²) in [6, 6.07) is 11.7. The molecule has 2 aromatic carbocycles. The molecular weight excluding hydrogens is 358 g/mol. The Hall–Kier alpha value is -3.22. The number of nitro benzene ring substituents is 1. The molecule has 148 valence electrons. The van der Waals surface area contributed by atoms with Crippen molar-refractivity contribution in [2.75, 3.05) is 11.9 Å². The Bertz CT molecular complexity index is 884. The molecule has 0 aliphatic carbocycles. The van der Waals surface area contributed by atoms with Gasteiger partial charge in [-0.25, -0.2) is 0 Å². The molecule has 7 heteroatoms. The Morgan fingerprint density at radius 3 is 2.29 bits per heavy atom. The summed E-state index contributed by atoms with van der Waals surface area (Å²) < 4.78 is 0. The molecular formula is C21H25N3O4. The molecule has 0 bridgehead atoms. The van der Waals surface area contributed by atoms with Gasteiger partial charge in [0.25, 0.3) is 11.6 Å². The zero-order valence-corrected chi connectivity index (χ0v) is 16.5. The van der Waals surface area contributed by atoms with Crippen LogP contribution in [0.1, 0.15) is 48.7 Å². The highest BCUT2D eigenvalue weighted by Crippen LogP contribution is 2.23. The number of nitrogens with one attached hydrogen (secondary N) is 2. The summed E-state index contributed by atoms with van der Waals surface area (Å²) >= 11 is 0. The van der Waals surface area contributed by atoms with Crippen LogP contribution in [0, 0.1) is 17.0 Å². The smallest absolute Gasteiger partial charge is 0.271 e. The molecule has 0 aliphatic rings. The van der Waals surface area contributed by atoms with E-state index in [9.17, 15) is 19.7 Å². The van der Waals surface area contributed by atoms with Crippen molar-refractivity contribution in [2.45, 2.75) is 39.5 Å². The molecule has 0 spiro atoms. The van der Waals surface area contributed by atoms with E-state index in [2.05, 4.69) is 31.4 Å². The number of hydrogen-bond donors (Lipinski definition) is 2. The van der Waals surface area contributed by atoms with E-state index in [1.54, 1.807) is 25.1 Å². The molecule has 2 amide bonds. The third kappa shape index (κ3) is 5.64. The molecule has 7 nitrogen and oxygen atoms in total. The van der Waals surface area contributed by atoms with Gasteiger partial charge >= 0.3 is 0 Å². The van der Waals surface area contributed by atoms with Crippen molar-refractivity contribution in [3.05, 3.63) is 69.3 Å². The topological polar surface area (TPSA) is 101 Å². The van der Waals surface area contributed by atoms with Crippen molar-refractivity contribution in [3.8, 4) is 0 Å². The molecule has 0 fully saturated rings. The van der Waals surface area contributed by atoms with Gasteiger partial charge in [-0.15, -0.1) is 0 Å². The molecule has 28 heavy (non-hydrogen) atoms. The number of benzene rings is 2. The summed E-state index contributed by atoms with van der Waals surface area (Å²) in [5.41, 5.74) is 2.70. The second-order valence-corrected chi connectivity index (χ2v) is 7.64. The third-order valence-electron chi connectivity index (χ3n) is 4.36. The monoisotopic (exact) mass is 383 g/mol. The first kappa shape index (κ1) is 21.1. The molecule has 2 rings (SSSR count). The van der Waals surface area contributed by atoms with Crippen LogP contribution >= 0.6 is 0 Å². The molecule has 0 saturated carbocycles. The number of carbonyl (C=O) groups excluding carboxylic acids is 2. The van der Waals surface area contributed by atoms with Crippen molar-refractivity contribution in [3.63, 3.8) is 0 Å². The molecule has 0 aromatic heterocycles. The van der Waals surface area contributed by atoms with Crippen molar-refractivity contribution in [1.29, 1.82) is 0 Å². The van der Waals surface area contributed by atoms with E-state index >= 15 is 0 Å². The maximum atomic E-state index is 12.2. The first-order chi connectivity index (χ1) is 13.1. The second kappa shape index (κ2) is 8.65. The summed E-state index contributed by atoms with van der Waals surface area (Å²) in [5, 5.41) is 16.2. The standard InChI is InChI=1S/C21H25N3O4/c1-14-5-10-17(24(27)28)13-18(14)23-19(25)11-12-22-20(26)15-6-8-16(9-7-15)21(2,3)4/h5-10,13H,11-12H2,1-4H3,(H,22,26)(H,23,25). The summed E-state index contributed by atoms with van der Waals surface area (Å²) in [4.78, 5) is 34.6. The molecule has 2 N–H and O–H groups in total. The predicted molar refractivity (Wildman–Crippen MR) is 109 cm³/mol. The van der Waals surface area contributed by atoms with Crippen molar-refractivity contribution in [2.24, 2.45) is 0 Å². The van der Waals surface area contributed by atoms with Gasteiger partial charge in [-0.05, 0) is 35.6 Å². The lowest BCUT2D eigenvalue weighted by Crippen LogP contribution is -2.27. The van der Waals surface area contributed by atoms with E-state index in [1.807, 2.05) is 12.1 Å². The first-order valence-corrected chi connectivity index (χ1v) is 9.01. The van der Waals surface area contributed by atoms with Gasteiger partial charge in [0.2, 0.25) is 5.91 Å². The van der Waals surface area contributed by atoms with Gasteiger partial charge in [0.15, 0.2) is 0 Å². The van der Waals surface area contributed by atoms with E-state index < -0.39 is 4.92 Å². The summed E-state index contributed by atoms with van der Waals surface area (Å²) in [5.74, 6) is -0.577. The van der Waals surface area contributed by atoms with Crippen LogP contribution in [0.25, 0.3) is 0 Å². The number of non-ortho nitro benzene ring substituents is 1. The number of hydrogen-bond acceptors (Lipinski definition) is 4. The van der Waals surface area contributed by atoms with Gasteiger partial charge in [0.05, 0.1) is 10.6 Å². The summed E-state index contributed by atoms with van der Waals surface area (Å²) in [7, 11) is 0. The average molecular weight is 383 g/mol. The Morgan fingerprint density at radius 1 is 1.07 bits per heavy atom. The molecule has 0 saturated heterocycles. The van der Waals surface area contributed by atoms with Crippen LogP contribution in [-0.4, -0.2) is 23.3 Å². The Kier molecular flexibility index (Phi) is 6.51. The van der Waals surface area contributed by atoms with Gasteiger partial charge in [-0.2, -0.15) is 0 Å². The fourth-order valence-electron chi connectivity index (χ4n) is 2.58. The third-order valence-corrected chi connectivity index (χ3v) is 4.36. The average Bonchev–Trinajstić information content (AvgIpc) is 2.62. The SMILES string of the molecule is Cc1ccc([N+](=O)[O-])cc1NC(=O)CCNC(=O)c1ccc(C(C)(C)C)cc1. The molecule has 0 atom stereocenters. The number of carbonyl (C=O) groups is 2. The maximum absolute atomic E-state index is 12.2. The van der Waals surface area contributed by atoms with Crippen LogP contribution < -0.4 is 10.6 Å². The second-order valence-electron chi connectivity index (χ2n) is 7.64. The van der Waals surface area contributed by atoms with Crippen LogP contribution in [0.5, 0.6) is 0 Å². The first-order valence-electron chi connectivity index (χ1n) is 9.01. The number of rotatable bonds is 6. The number of amides is 2. The van der Waals surface area contributed by atoms with Gasteiger partial charge in [-0.3, -0.25) is 19.7 Å². The fraction of sp³-hybridized carbons (Fsp3) is 0.333. The van der Waals surface area contributed by atoms with Crippen LogP contribution in [0.15, 0.2) is 42.5 Å². The number of nitrogens with zero attached hydrogens (tertiary/aromatic N) is 1. The lowest BCUT2D eigenvalue weighted by molar-refractivity contribution is -0.384. The van der Waals surface area contributed by atoms with Gasteiger partial charge < -0.3 is 10.6 Å². The van der Waals surface area contributed by atoms with Crippen LogP contribution in [0.2, 0.25) is 0 Å². The quantitative estimate of drug-likeness (QED) is 0.582. The van der Waals surface area contributed by atoms with E-state index in [4.69, 9.17) is 0 Å². The van der Waals surface area contributed by atoms with Crippen molar-refractivity contribution < 1.29 is 14.5 Å². The lowest BCUT2D eigenvalue weighted by atomic mass is 9.87. The largest absolute Gasteiger partial charge is 0.352 e. The molecule has 0 unspecified atom stereocenters. The van der Waals surface area contributed by atoms with E-state index in [0.29, 0.717) is 11.3 Å². The highest BCUT2D eigenvalue weighted by atomic mass is 16.6. The number of anilines is 1. The van der Waals surface area contributed by atoms with E-state index in [0.717, 1.165) is 11.1 Å². The minimum atomic E-state index is -0.514. The van der Waals surface area contributed by atoms with E-state index in [1.165, 1.54) is 12.1 Å². The maximum Gasteiger partial charge on any atom is 0.271 e. The normalized spacial score (nSPS) is 11.0. The van der Waals surface area contributed by atoms with Crippen LogP contribution in [0.3, 0.4) is 0 Å². The van der Waals surface area contributed by atoms with Gasteiger partial charge in [-0.1, -0.05) is 39.0 Å². The number of aryl methyl sites for hydroxylation is 1. The van der Waals surface area contributed by atoms with Crippen LogP contribution in [0.4, 0.5) is 11.4 Å². The predicted octanol–water partition coefficient (Wildman–Crippen LogP) is 3.96. The molecule has 2 aromatic rings. The minimum absolute atomic E-state index is 0.0116. The highest BCUT2D eigenvalue weighted by Gasteiger charge is 2.15. The Morgan fingerprint density at radius 2 is 1.71 bits per heavy atom. The minimum Gasteiger partial charge on any atom is -0.352 e.